The fourth-order valence-electron chi connectivity index (χ4n) is 10.2. The molecule has 63 heavy (non-hydrogen) atoms. The van der Waals surface area contributed by atoms with Crippen LogP contribution in [0.4, 0.5) is 0 Å². The van der Waals surface area contributed by atoms with Crippen molar-refractivity contribution in [3.63, 3.8) is 0 Å². The third kappa shape index (κ3) is 6.07. The van der Waals surface area contributed by atoms with Crippen molar-refractivity contribution in [3.05, 3.63) is 224 Å². The first-order chi connectivity index (χ1) is 31.0. The second-order valence-electron chi connectivity index (χ2n) is 17.2. The molecule has 1 aliphatic carbocycles. The van der Waals surface area contributed by atoms with E-state index in [9.17, 15) is 0 Å². The Labute approximate surface area is 367 Å². The van der Waals surface area contributed by atoms with E-state index in [1.54, 1.807) is 6.20 Å². The van der Waals surface area contributed by atoms with E-state index >= 15 is 0 Å². The van der Waals surface area contributed by atoms with Crippen LogP contribution in [0.5, 0.6) is 0 Å². The van der Waals surface area contributed by atoms with Gasteiger partial charge in [-0.25, -0.2) is 9.97 Å². The first-order valence-electron chi connectivity index (χ1n) is 21.7. The Balaban J connectivity index is 0.988. The number of fused-ring (bicyclic) bond motifs is 7. The SMILES string of the molecule is CC1(C)c2ccc(-c3ccc(-c4ccc(-c5cc(-c6cccc(-c7cccnc7)c6)nc(-c6ccccc6)n5)c5ccccc45)c4ccccc34)cc2-c2ccc3ccccc3c21. The van der Waals surface area contributed by atoms with Crippen molar-refractivity contribution in [3.8, 4) is 78.4 Å². The summed E-state index contributed by atoms with van der Waals surface area (Å²) in [5, 5.41) is 7.42. The first-order valence-corrected chi connectivity index (χ1v) is 21.7. The van der Waals surface area contributed by atoms with Gasteiger partial charge in [0.1, 0.15) is 0 Å². The van der Waals surface area contributed by atoms with Gasteiger partial charge in [-0.2, -0.15) is 0 Å². The van der Waals surface area contributed by atoms with Gasteiger partial charge in [0.05, 0.1) is 11.4 Å². The lowest BCUT2D eigenvalue weighted by Crippen LogP contribution is -2.15. The summed E-state index contributed by atoms with van der Waals surface area (Å²) in [5.74, 6) is 0.691. The van der Waals surface area contributed by atoms with Gasteiger partial charge in [-0.1, -0.05) is 190 Å². The van der Waals surface area contributed by atoms with E-state index in [1.807, 2.05) is 30.5 Å². The maximum atomic E-state index is 5.27. The Morgan fingerprint density at radius 3 is 1.68 bits per heavy atom. The Kier molecular flexibility index (Phi) is 8.52. The fourth-order valence-corrected chi connectivity index (χ4v) is 10.2. The predicted molar refractivity (Wildman–Crippen MR) is 263 cm³/mol. The second kappa shape index (κ2) is 14.6. The third-order valence-electron chi connectivity index (χ3n) is 13.2. The van der Waals surface area contributed by atoms with Gasteiger partial charge in [0.2, 0.25) is 0 Å². The van der Waals surface area contributed by atoms with Crippen molar-refractivity contribution in [2.45, 2.75) is 19.3 Å². The van der Waals surface area contributed by atoms with Gasteiger partial charge < -0.3 is 0 Å². The molecule has 1 aliphatic rings. The van der Waals surface area contributed by atoms with Crippen LogP contribution in [0.25, 0.3) is 111 Å². The molecule has 3 nitrogen and oxygen atoms in total. The summed E-state index contributed by atoms with van der Waals surface area (Å²) in [6, 6.07) is 72.3. The predicted octanol–water partition coefficient (Wildman–Crippen LogP) is 15.6. The van der Waals surface area contributed by atoms with E-state index in [-0.39, 0.29) is 5.41 Å². The minimum absolute atomic E-state index is 0.0922. The lowest BCUT2D eigenvalue weighted by Gasteiger charge is -2.23. The van der Waals surface area contributed by atoms with Gasteiger partial charge in [-0.15, -0.1) is 0 Å². The van der Waals surface area contributed by atoms with Gasteiger partial charge in [0, 0.05) is 40.1 Å². The Morgan fingerprint density at radius 1 is 0.349 bits per heavy atom. The molecule has 2 aromatic heterocycles. The van der Waals surface area contributed by atoms with Crippen LogP contribution in [0.1, 0.15) is 25.0 Å². The summed E-state index contributed by atoms with van der Waals surface area (Å²) in [4.78, 5) is 14.8. The number of hydrogen-bond donors (Lipinski definition) is 0. The maximum Gasteiger partial charge on any atom is 0.160 e. The molecule has 0 bridgehead atoms. The Hall–Kier alpha value is -8.01. The molecule has 0 spiro atoms. The average Bonchev–Trinajstić information content (AvgIpc) is 3.59. The van der Waals surface area contributed by atoms with Gasteiger partial charge in [-0.05, 0) is 107 Å². The molecule has 9 aromatic carbocycles. The Morgan fingerprint density at radius 2 is 0.937 bits per heavy atom. The molecule has 296 valence electrons. The number of benzene rings is 9. The molecule has 0 fully saturated rings. The van der Waals surface area contributed by atoms with E-state index in [2.05, 4.69) is 195 Å². The van der Waals surface area contributed by atoms with E-state index in [1.165, 1.54) is 71.4 Å². The van der Waals surface area contributed by atoms with Gasteiger partial charge in [0.15, 0.2) is 5.82 Å². The summed E-state index contributed by atoms with van der Waals surface area (Å²) in [6.07, 6.45) is 3.71. The molecule has 2 heterocycles. The van der Waals surface area contributed by atoms with Crippen LogP contribution in [-0.2, 0) is 5.41 Å². The summed E-state index contributed by atoms with van der Waals surface area (Å²) < 4.78 is 0. The summed E-state index contributed by atoms with van der Waals surface area (Å²) in [7, 11) is 0. The van der Waals surface area contributed by atoms with Crippen LogP contribution in [0, 0.1) is 0 Å². The van der Waals surface area contributed by atoms with Crippen LogP contribution in [0.2, 0.25) is 0 Å². The van der Waals surface area contributed by atoms with E-state index in [0.717, 1.165) is 44.6 Å². The number of rotatable bonds is 6. The van der Waals surface area contributed by atoms with Crippen LogP contribution in [0.3, 0.4) is 0 Å². The highest BCUT2D eigenvalue weighted by atomic mass is 14.9. The van der Waals surface area contributed by atoms with Crippen molar-refractivity contribution >= 4 is 32.3 Å². The summed E-state index contributed by atoms with van der Waals surface area (Å²) >= 11 is 0. The lowest BCUT2D eigenvalue weighted by molar-refractivity contribution is 0.666. The number of hydrogen-bond acceptors (Lipinski definition) is 3. The Bertz CT molecular complexity index is 3590. The lowest BCUT2D eigenvalue weighted by atomic mass is 9.80. The maximum absolute atomic E-state index is 5.27. The van der Waals surface area contributed by atoms with Gasteiger partial charge >= 0.3 is 0 Å². The molecule has 0 saturated heterocycles. The zero-order valence-corrected chi connectivity index (χ0v) is 35.0. The number of pyridine rings is 1. The molecule has 0 aliphatic heterocycles. The minimum Gasteiger partial charge on any atom is -0.264 e. The van der Waals surface area contributed by atoms with Crippen LogP contribution in [-0.4, -0.2) is 15.0 Å². The van der Waals surface area contributed by atoms with E-state index < -0.39 is 0 Å². The molecule has 12 rings (SSSR count). The molecule has 0 unspecified atom stereocenters. The summed E-state index contributed by atoms with van der Waals surface area (Å²) in [5.41, 5.74) is 17.2. The van der Waals surface area contributed by atoms with E-state index in [4.69, 9.17) is 9.97 Å². The van der Waals surface area contributed by atoms with Crippen LogP contribution in [0.15, 0.2) is 213 Å². The average molecular weight is 804 g/mol. The quantitative estimate of drug-likeness (QED) is 0.168. The van der Waals surface area contributed by atoms with Crippen molar-refractivity contribution < 1.29 is 0 Å². The van der Waals surface area contributed by atoms with Crippen molar-refractivity contribution in [2.75, 3.05) is 0 Å². The molecule has 0 amide bonds. The van der Waals surface area contributed by atoms with Crippen LogP contribution >= 0.6 is 0 Å². The van der Waals surface area contributed by atoms with Crippen molar-refractivity contribution in [2.24, 2.45) is 0 Å². The molecule has 0 saturated carbocycles. The van der Waals surface area contributed by atoms with Crippen LogP contribution < -0.4 is 0 Å². The van der Waals surface area contributed by atoms with Gasteiger partial charge in [0.25, 0.3) is 0 Å². The largest absolute Gasteiger partial charge is 0.264 e. The normalized spacial score (nSPS) is 12.7. The topological polar surface area (TPSA) is 38.7 Å². The summed E-state index contributed by atoms with van der Waals surface area (Å²) in [6.45, 7) is 4.75. The molecule has 3 heteroatoms. The molecule has 0 radical (unpaired) electrons. The highest BCUT2D eigenvalue weighted by molar-refractivity contribution is 6.12. The standard InChI is InChI=1S/C60H41N3/c1-60(2)55-32-26-41(35-54(55)53-27-25-38-14-6-7-20-45(38)58(53)60)44-28-29-50(47-22-9-8-21-46(44)47)51-30-31-52(49-24-11-10-23-48(49)51)57-36-56(62-59(63-57)39-15-4-3-5-16-39)42-18-12-17-40(34-42)43-19-13-33-61-37-43/h3-37H,1-2H3. The second-order valence-corrected chi connectivity index (χ2v) is 17.2. The van der Waals surface area contributed by atoms with E-state index in [0.29, 0.717) is 5.82 Å². The van der Waals surface area contributed by atoms with Crippen molar-refractivity contribution in [1.82, 2.24) is 15.0 Å². The molecular formula is C60H41N3. The van der Waals surface area contributed by atoms with Crippen molar-refractivity contribution in [1.29, 1.82) is 0 Å². The molecule has 11 aromatic rings. The zero-order valence-electron chi connectivity index (χ0n) is 35.0. The fraction of sp³-hybridized carbons (Fsp3) is 0.0500. The molecular weight excluding hydrogens is 763 g/mol. The number of aromatic nitrogens is 3. The monoisotopic (exact) mass is 803 g/mol. The molecule has 0 atom stereocenters. The zero-order chi connectivity index (χ0) is 42.1. The van der Waals surface area contributed by atoms with Gasteiger partial charge in [-0.3, -0.25) is 4.98 Å². The molecule has 0 N–H and O–H groups in total. The third-order valence-corrected chi connectivity index (χ3v) is 13.2. The highest BCUT2D eigenvalue weighted by Gasteiger charge is 2.37. The highest BCUT2D eigenvalue weighted by Crippen LogP contribution is 2.52. The minimum atomic E-state index is -0.0922. The number of nitrogens with zero attached hydrogens (tertiary/aromatic N) is 3. The first kappa shape index (κ1) is 36.8. The smallest absolute Gasteiger partial charge is 0.160 e.